The van der Waals surface area contributed by atoms with Gasteiger partial charge in [-0.3, -0.25) is 9.59 Å². The molecule has 4 nitrogen and oxygen atoms in total. The van der Waals surface area contributed by atoms with E-state index in [2.05, 4.69) is 0 Å². The minimum atomic E-state index is -1.10. The molecule has 2 rings (SSSR count). The second-order valence-corrected chi connectivity index (χ2v) is 4.26. The van der Waals surface area contributed by atoms with Gasteiger partial charge in [-0.05, 0) is 12.3 Å². The Bertz CT molecular complexity index is 272. The fraction of sp³-hybridized carbons (Fsp3) is 0.778. The number of esters is 2. The molecule has 2 fully saturated rings. The molecule has 1 spiro atoms. The highest BCUT2D eigenvalue weighted by atomic mass is 16.7. The Morgan fingerprint density at radius 2 is 1.62 bits per heavy atom. The highest BCUT2D eigenvalue weighted by Crippen LogP contribution is 2.56. The average molecular weight is 184 g/mol. The highest BCUT2D eigenvalue weighted by Gasteiger charge is 2.69. The van der Waals surface area contributed by atoms with Crippen molar-refractivity contribution in [3.63, 3.8) is 0 Å². The third-order valence-corrected chi connectivity index (χ3v) is 2.71. The average Bonchev–Trinajstić information content (AvgIpc) is 2.57. The molecule has 13 heavy (non-hydrogen) atoms. The van der Waals surface area contributed by atoms with Crippen LogP contribution in [0.1, 0.15) is 27.2 Å². The van der Waals surface area contributed by atoms with Crippen LogP contribution in [0.2, 0.25) is 0 Å². The monoisotopic (exact) mass is 184 g/mol. The van der Waals surface area contributed by atoms with Crippen LogP contribution in [0.4, 0.5) is 0 Å². The molecule has 0 aromatic carbocycles. The molecular formula is C9H12O4. The number of carbonyl (C=O) groups excluding carboxylic acids is 2. The summed E-state index contributed by atoms with van der Waals surface area (Å²) in [4.78, 5) is 23.0. The smallest absolute Gasteiger partial charge is 0.327 e. The predicted molar refractivity (Wildman–Crippen MR) is 42.5 cm³/mol. The molecule has 1 unspecified atom stereocenters. The summed E-state index contributed by atoms with van der Waals surface area (Å²) < 4.78 is 10.0. The fourth-order valence-electron chi connectivity index (χ4n) is 1.73. The zero-order chi connectivity index (χ0) is 9.85. The van der Waals surface area contributed by atoms with Gasteiger partial charge in [-0.25, -0.2) is 0 Å². The third-order valence-electron chi connectivity index (χ3n) is 2.71. The van der Waals surface area contributed by atoms with Crippen LogP contribution < -0.4 is 0 Å². The Hall–Kier alpha value is -1.06. The molecule has 1 saturated carbocycles. The van der Waals surface area contributed by atoms with Gasteiger partial charge in [0.2, 0.25) is 0 Å². The van der Waals surface area contributed by atoms with Gasteiger partial charge in [-0.15, -0.1) is 0 Å². The van der Waals surface area contributed by atoms with E-state index in [-0.39, 0.29) is 5.92 Å². The van der Waals surface area contributed by atoms with Crippen LogP contribution >= 0.6 is 0 Å². The van der Waals surface area contributed by atoms with E-state index in [9.17, 15) is 9.59 Å². The molecule has 1 aliphatic heterocycles. The molecule has 1 saturated heterocycles. The first-order valence-electron chi connectivity index (χ1n) is 4.35. The van der Waals surface area contributed by atoms with Crippen molar-refractivity contribution in [1.82, 2.24) is 0 Å². The van der Waals surface area contributed by atoms with Crippen LogP contribution in [0.3, 0.4) is 0 Å². The summed E-state index contributed by atoms with van der Waals surface area (Å²) in [5.74, 6) is -1.90. The Labute approximate surface area is 76.2 Å². The second kappa shape index (κ2) is 2.05. The fourth-order valence-corrected chi connectivity index (χ4v) is 1.73. The first-order valence-corrected chi connectivity index (χ1v) is 4.35. The van der Waals surface area contributed by atoms with E-state index in [4.69, 9.17) is 9.47 Å². The van der Waals surface area contributed by atoms with Gasteiger partial charge in [-0.1, -0.05) is 6.92 Å². The van der Waals surface area contributed by atoms with Crippen LogP contribution in [0.25, 0.3) is 0 Å². The Morgan fingerprint density at radius 3 is 1.92 bits per heavy atom. The van der Waals surface area contributed by atoms with Gasteiger partial charge in [0.05, 0.1) is 0 Å². The molecule has 0 bridgehead atoms. The minimum Gasteiger partial charge on any atom is -0.422 e. The molecule has 1 aliphatic carbocycles. The molecule has 1 heterocycles. The van der Waals surface area contributed by atoms with Gasteiger partial charge in [-0.2, -0.15) is 0 Å². The number of cyclic esters (lactones) is 2. The molecule has 2 aliphatic rings. The van der Waals surface area contributed by atoms with Gasteiger partial charge < -0.3 is 9.47 Å². The van der Waals surface area contributed by atoms with E-state index >= 15 is 0 Å². The zero-order valence-corrected chi connectivity index (χ0v) is 7.92. The Morgan fingerprint density at radius 1 is 1.23 bits per heavy atom. The summed E-state index contributed by atoms with van der Waals surface area (Å²) >= 11 is 0. The molecular weight excluding hydrogens is 172 g/mol. The summed E-state index contributed by atoms with van der Waals surface area (Å²) in [5, 5.41) is 0. The van der Waals surface area contributed by atoms with Crippen molar-refractivity contribution in [1.29, 1.82) is 0 Å². The van der Waals surface area contributed by atoms with Gasteiger partial charge in [0, 0.05) is 13.8 Å². The van der Waals surface area contributed by atoms with E-state index in [1.54, 1.807) is 13.8 Å². The first-order chi connectivity index (χ1) is 5.88. The van der Waals surface area contributed by atoms with Crippen LogP contribution in [0.15, 0.2) is 0 Å². The molecule has 0 aromatic rings. The van der Waals surface area contributed by atoms with Crippen molar-refractivity contribution in [2.24, 2.45) is 11.3 Å². The van der Waals surface area contributed by atoms with Crippen LogP contribution in [-0.4, -0.2) is 17.7 Å². The van der Waals surface area contributed by atoms with Crippen molar-refractivity contribution in [2.75, 3.05) is 0 Å². The Kier molecular flexibility index (Phi) is 1.35. The minimum absolute atomic E-state index is 0.0589. The number of hydrogen-bond donors (Lipinski definition) is 0. The van der Waals surface area contributed by atoms with Crippen molar-refractivity contribution >= 4 is 11.9 Å². The van der Waals surface area contributed by atoms with Gasteiger partial charge in [0.15, 0.2) is 5.41 Å². The van der Waals surface area contributed by atoms with Gasteiger partial charge in [0.25, 0.3) is 5.79 Å². The highest BCUT2D eigenvalue weighted by molar-refractivity contribution is 6.05. The van der Waals surface area contributed by atoms with Crippen LogP contribution in [0.5, 0.6) is 0 Å². The summed E-state index contributed by atoms with van der Waals surface area (Å²) in [6.07, 6.45) is 0.556. The number of carbonyl (C=O) groups is 2. The summed E-state index contributed by atoms with van der Waals surface area (Å²) in [5.41, 5.74) is -0.963. The number of rotatable bonds is 0. The summed E-state index contributed by atoms with van der Waals surface area (Å²) in [6.45, 7) is 4.96. The van der Waals surface area contributed by atoms with Gasteiger partial charge >= 0.3 is 11.9 Å². The van der Waals surface area contributed by atoms with E-state index in [0.29, 0.717) is 6.42 Å². The van der Waals surface area contributed by atoms with E-state index in [1.165, 1.54) is 0 Å². The molecule has 72 valence electrons. The van der Waals surface area contributed by atoms with Crippen molar-refractivity contribution in [2.45, 2.75) is 33.0 Å². The zero-order valence-electron chi connectivity index (χ0n) is 7.92. The lowest BCUT2D eigenvalue weighted by Gasteiger charge is -2.33. The lowest BCUT2D eigenvalue weighted by molar-refractivity contribution is -0.243. The molecule has 0 amide bonds. The molecule has 0 aromatic heterocycles. The Balaban J connectivity index is 2.28. The number of hydrogen-bond acceptors (Lipinski definition) is 4. The van der Waals surface area contributed by atoms with Gasteiger partial charge in [0.1, 0.15) is 0 Å². The topological polar surface area (TPSA) is 52.6 Å². The maximum absolute atomic E-state index is 11.5. The predicted octanol–water partition coefficient (Wildman–Crippen LogP) is 0.849. The maximum atomic E-state index is 11.5. The summed E-state index contributed by atoms with van der Waals surface area (Å²) in [6, 6.07) is 0. The summed E-state index contributed by atoms with van der Waals surface area (Å²) in [7, 11) is 0. The quantitative estimate of drug-likeness (QED) is 0.413. The van der Waals surface area contributed by atoms with Crippen LogP contribution in [-0.2, 0) is 19.1 Å². The third kappa shape index (κ3) is 0.975. The molecule has 4 heteroatoms. The SMILES string of the molecule is CC1CC12C(=O)OC(C)(C)OC2=O. The lowest BCUT2D eigenvalue weighted by atomic mass is 10.0. The van der Waals surface area contributed by atoms with Crippen molar-refractivity contribution < 1.29 is 19.1 Å². The first kappa shape index (κ1) is 8.53. The van der Waals surface area contributed by atoms with Crippen molar-refractivity contribution in [3.8, 4) is 0 Å². The molecule has 1 atom stereocenters. The van der Waals surface area contributed by atoms with E-state index < -0.39 is 23.1 Å². The molecule has 0 N–H and O–H groups in total. The lowest BCUT2D eigenvalue weighted by Crippen LogP contribution is -2.48. The van der Waals surface area contributed by atoms with E-state index in [1.807, 2.05) is 6.92 Å². The normalized spacial score (nSPS) is 33.9. The van der Waals surface area contributed by atoms with Crippen LogP contribution in [0, 0.1) is 11.3 Å². The maximum Gasteiger partial charge on any atom is 0.327 e. The number of ether oxygens (including phenoxy) is 2. The standard InChI is InChI=1S/C9H12O4/c1-5-4-9(5)6(10)12-8(2,3)13-7(9)11/h5H,4H2,1-3H3. The van der Waals surface area contributed by atoms with E-state index in [0.717, 1.165) is 0 Å². The van der Waals surface area contributed by atoms with Crippen molar-refractivity contribution in [3.05, 3.63) is 0 Å². The largest absolute Gasteiger partial charge is 0.422 e. The molecule has 0 radical (unpaired) electrons. The second-order valence-electron chi connectivity index (χ2n) is 4.26.